The zero-order valence-electron chi connectivity index (χ0n) is 14.9. The summed E-state index contributed by atoms with van der Waals surface area (Å²) in [6, 6.07) is 9.10. The van der Waals surface area contributed by atoms with Crippen molar-refractivity contribution in [3.05, 3.63) is 36.1 Å². The van der Waals surface area contributed by atoms with Crippen LogP contribution in [0.15, 0.2) is 39.8 Å². The first-order valence-electron chi connectivity index (χ1n) is 8.40. The van der Waals surface area contributed by atoms with Crippen molar-refractivity contribution in [1.29, 1.82) is 0 Å². The summed E-state index contributed by atoms with van der Waals surface area (Å²) >= 11 is 1.48. The van der Waals surface area contributed by atoms with Crippen molar-refractivity contribution in [2.75, 3.05) is 22.5 Å². The fourth-order valence-corrected chi connectivity index (χ4v) is 3.50. The summed E-state index contributed by atoms with van der Waals surface area (Å²) in [7, 11) is 0. The third-order valence-corrected chi connectivity index (χ3v) is 4.95. The molecule has 1 aromatic carbocycles. The first-order valence-corrected chi connectivity index (χ1v) is 9.38. The summed E-state index contributed by atoms with van der Waals surface area (Å²) in [4.78, 5) is 38.9. The SMILES string of the molecule is Cc1cc(NC(=O)[C@@H](C)OC(=O)CCN2C(=O)CSc3ccccc32)no1. The van der Waals surface area contributed by atoms with Crippen LogP contribution in [0.3, 0.4) is 0 Å². The van der Waals surface area contributed by atoms with Gasteiger partial charge in [-0.3, -0.25) is 14.4 Å². The predicted octanol–water partition coefficient (Wildman–Crippen LogP) is 2.38. The van der Waals surface area contributed by atoms with Gasteiger partial charge in [-0.15, -0.1) is 11.8 Å². The number of anilines is 2. The zero-order chi connectivity index (χ0) is 19.4. The Balaban J connectivity index is 1.52. The second-order valence-electron chi connectivity index (χ2n) is 6.00. The van der Waals surface area contributed by atoms with Gasteiger partial charge in [0.1, 0.15) is 5.76 Å². The van der Waals surface area contributed by atoms with Gasteiger partial charge in [-0.2, -0.15) is 0 Å². The number of aromatic nitrogens is 1. The second-order valence-corrected chi connectivity index (χ2v) is 7.01. The number of amides is 2. The molecular formula is C18H19N3O5S. The molecule has 2 aromatic rings. The quantitative estimate of drug-likeness (QED) is 0.757. The van der Waals surface area contributed by atoms with Crippen LogP contribution in [0.5, 0.6) is 0 Å². The summed E-state index contributed by atoms with van der Waals surface area (Å²) in [5, 5.41) is 6.16. The van der Waals surface area contributed by atoms with Gasteiger partial charge in [-0.25, -0.2) is 0 Å². The maximum atomic E-state index is 12.2. The van der Waals surface area contributed by atoms with Gasteiger partial charge in [-0.05, 0) is 26.0 Å². The predicted molar refractivity (Wildman–Crippen MR) is 99.6 cm³/mol. The molecule has 0 saturated carbocycles. The Morgan fingerprint density at radius 3 is 2.93 bits per heavy atom. The number of hydrogen-bond acceptors (Lipinski definition) is 7. The van der Waals surface area contributed by atoms with Crippen LogP contribution in [0.4, 0.5) is 11.5 Å². The number of carbonyl (C=O) groups is 3. The van der Waals surface area contributed by atoms with E-state index in [-0.39, 0.29) is 24.7 Å². The average molecular weight is 389 g/mol. The van der Waals surface area contributed by atoms with Crippen LogP contribution in [0.2, 0.25) is 0 Å². The molecule has 1 N–H and O–H groups in total. The number of esters is 1. The number of para-hydroxylation sites is 1. The number of benzene rings is 1. The monoisotopic (exact) mass is 389 g/mol. The first-order chi connectivity index (χ1) is 12.9. The Hall–Kier alpha value is -2.81. The number of carbonyl (C=O) groups excluding carboxylic acids is 3. The summed E-state index contributed by atoms with van der Waals surface area (Å²) in [5.41, 5.74) is 0.791. The number of hydrogen-bond donors (Lipinski definition) is 1. The van der Waals surface area contributed by atoms with Crippen molar-refractivity contribution in [3.8, 4) is 0 Å². The topological polar surface area (TPSA) is 102 Å². The highest BCUT2D eigenvalue weighted by Gasteiger charge is 2.26. The fourth-order valence-electron chi connectivity index (χ4n) is 2.56. The molecule has 0 saturated heterocycles. The number of fused-ring (bicyclic) bond motifs is 1. The molecule has 1 atom stereocenters. The lowest BCUT2D eigenvalue weighted by molar-refractivity contribution is -0.152. The highest BCUT2D eigenvalue weighted by Crippen LogP contribution is 2.34. The largest absolute Gasteiger partial charge is 0.452 e. The Morgan fingerprint density at radius 1 is 1.41 bits per heavy atom. The van der Waals surface area contributed by atoms with E-state index in [2.05, 4.69) is 10.5 Å². The normalized spacial score (nSPS) is 14.4. The first kappa shape index (κ1) is 19.0. The van der Waals surface area contributed by atoms with Crippen molar-refractivity contribution >= 4 is 41.1 Å². The second kappa shape index (κ2) is 8.26. The molecule has 0 unspecified atom stereocenters. The number of nitrogens with one attached hydrogen (secondary N) is 1. The minimum Gasteiger partial charge on any atom is -0.452 e. The van der Waals surface area contributed by atoms with Crippen LogP contribution in [0.25, 0.3) is 0 Å². The van der Waals surface area contributed by atoms with Gasteiger partial charge in [0, 0.05) is 17.5 Å². The molecule has 0 aliphatic carbocycles. The average Bonchev–Trinajstić information content (AvgIpc) is 3.05. The molecule has 27 heavy (non-hydrogen) atoms. The summed E-state index contributed by atoms with van der Waals surface area (Å²) in [6.45, 7) is 3.37. The Bertz CT molecular complexity index is 866. The third kappa shape index (κ3) is 4.68. The van der Waals surface area contributed by atoms with E-state index in [0.717, 1.165) is 10.6 Å². The molecule has 142 valence electrons. The molecule has 8 nitrogen and oxygen atoms in total. The van der Waals surface area contributed by atoms with Gasteiger partial charge in [0.15, 0.2) is 11.9 Å². The van der Waals surface area contributed by atoms with E-state index in [0.29, 0.717) is 11.5 Å². The van der Waals surface area contributed by atoms with Gasteiger partial charge >= 0.3 is 5.97 Å². The van der Waals surface area contributed by atoms with E-state index in [4.69, 9.17) is 9.26 Å². The molecule has 2 heterocycles. The lowest BCUT2D eigenvalue weighted by atomic mass is 10.2. The molecule has 1 aromatic heterocycles. The van der Waals surface area contributed by atoms with E-state index in [1.54, 1.807) is 17.9 Å². The highest BCUT2D eigenvalue weighted by atomic mass is 32.2. The van der Waals surface area contributed by atoms with Crippen LogP contribution >= 0.6 is 11.8 Å². The van der Waals surface area contributed by atoms with Crippen LogP contribution in [-0.2, 0) is 19.1 Å². The van der Waals surface area contributed by atoms with Crippen molar-refractivity contribution in [2.24, 2.45) is 0 Å². The highest BCUT2D eigenvalue weighted by molar-refractivity contribution is 8.00. The molecule has 1 aliphatic rings. The summed E-state index contributed by atoms with van der Waals surface area (Å²) in [6.07, 6.45) is -1.000. The van der Waals surface area contributed by atoms with E-state index in [1.807, 2.05) is 24.3 Å². The van der Waals surface area contributed by atoms with Crippen molar-refractivity contribution < 1.29 is 23.6 Å². The van der Waals surface area contributed by atoms with Gasteiger partial charge in [0.25, 0.3) is 5.91 Å². The van der Waals surface area contributed by atoms with Gasteiger partial charge in [-0.1, -0.05) is 17.3 Å². The molecule has 1 aliphatic heterocycles. The standard InChI is InChI=1S/C18H19N3O5S/c1-11-9-15(20-26-11)19-18(24)12(2)25-17(23)7-8-21-13-5-3-4-6-14(13)27-10-16(21)22/h3-6,9,12H,7-8,10H2,1-2H3,(H,19,20,24)/t12-/m1/s1. The molecular weight excluding hydrogens is 370 g/mol. The lowest BCUT2D eigenvalue weighted by Crippen LogP contribution is -2.38. The smallest absolute Gasteiger partial charge is 0.308 e. The number of rotatable bonds is 6. The maximum Gasteiger partial charge on any atom is 0.308 e. The van der Waals surface area contributed by atoms with Crippen LogP contribution in [-0.4, -0.2) is 41.3 Å². The lowest BCUT2D eigenvalue weighted by Gasteiger charge is -2.28. The molecule has 3 rings (SSSR count). The number of aryl methyl sites for hydroxylation is 1. The number of thioether (sulfide) groups is 1. The number of ether oxygens (including phenoxy) is 1. The third-order valence-electron chi connectivity index (χ3n) is 3.90. The Kier molecular flexibility index (Phi) is 5.80. The van der Waals surface area contributed by atoms with Gasteiger partial charge < -0.3 is 19.5 Å². The molecule has 0 spiro atoms. The Morgan fingerprint density at radius 2 is 2.19 bits per heavy atom. The number of nitrogens with zero attached hydrogens (tertiary/aromatic N) is 2. The van der Waals surface area contributed by atoms with Crippen molar-refractivity contribution in [2.45, 2.75) is 31.3 Å². The van der Waals surface area contributed by atoms with Crippen LogP contribution < -0.4 is 10.2 Å². The van der Waals surface area contributed by atoms with Crippen molar-refractivity contribution in [1.82, 2.24) is 5.16 Å². The van der Waals surface area contributed by atoms with Crippen molar-refractivity contribution in [3.63, 3.8) is 0 Å². The summed E-state index contributed by atoms with van der Waals surface area (Å²) < 4.78 is 10.0. The van der Waals surface area contributed by atoms with Crippen LogP contribution in [0, 0.1) is 6.92 Å². The molecule has 0 bridgehead atoms. The van der Waals surface area contributed by atoms with E-state index < -0.39 is 18.0 Å². The molecule has 0 radical (unpaired) electrons. The zero-order valence-corrected chi connectivity index (χ0v) is 15.7. The maximum absolute atomic E-state index is 12.2. The van der Waals surface area contributed by atoms with Crippen LogP contribution in [0.1, 0.15) is 19.1 Å². The summed E-state index contributed by atoms with van der Waals surface area (Å²) in [5.74, 6) is 0.0266. The minimum absolute atomic E-state index is 0.00850. The van der Waals surface area contributed by atoms with E-state index >= 15 is 0 Å². The molecule has 2 amide bonds. The van der Waals surface area contributed by atoms with E-state index in [1.165, 1.54) is 18.7 Å². The molecule has 0 fully saturated rings. The van der Waals surface area contributed by atoms with Gasteiger partial charge in [0.2, 0.25) is 5.91 Å². The van der Waals surface area contributed by atoms with Gasteiger partial charge in [0.05, 0.1) is 17.9 Å². The fraction of sp³-hybridized carbons (Fsp3) is 0.333. The Labute approximate surface area is 160 Å². The van der Waals surface area contributed by atoms with E-state index in [9.17, 15) is 14.4 Å². The molecule has 9 heteroatoms. The minimum atomic E-state index is -0.991.